The molecule has 126 valence electrons. The van der Waals surface area contributed by atoms with Crippen molar-refractivity contribution in [2.24, 2.45) is 0 Å². The quantitative estimate of drug-likeness (QED) is 0.894. The Kier molecular flexibility index (Phi) is 3.42. The second kappa shape index (κ2) is 5.27. The van der Waals surface area contributed by atoms with Crippen molar-refractivity contribution in [2.45, 2.75) is 17.9 Å². The molecule has 2 aliphatic heterocycles. The average Bonchev–Trinajstić information content (AvgIpc) is 2.82. The Morgan fingerprint density at radius 2 is 2.00 bits per heavy atom. The Balaban J connectivity index is 1.95. The van der Waals surface area contributed by atoms with E-state index in [2.05, 4.69) is 5.32 Å². The first kappa shape index (κ1) is 15.6. The van der Waals surface area contributed by atoms with E-state index in [0.29, 0.717) is 30.6 Å². The molecule has 2 aromatic rings. The molecule has 4 rings (SSSR count). The van der Waals surface area contributed by atoms with Gasteiger partial charge in [0.1, 0.15) is 0 Å². The second-order valence-electron chi connectivity index (χ2n) is 6.34. The van der Waals surface area contributed by atoms with Crippen LogP contribution in [0.4, 0.5) is 5.69 Å². The summed E-state index contributed by atoms with van der Waals surface area (Å²) in [7, 11) is -1.90. The van der Waals surface area contributed by atoms with Crippen LogP contribution in [-0.4, -0.2) is 51.4 Å². The van der Waals surface area contributed by atoms with Gasteiger partial charge >= 0.3 is 0 Å². The number of carbonyl (C=O) groups excluding carboxylic acids is 1. The van der Waals surface area contributed by atoms with Gasteiger partial charge in [0.05, 0.1) is 10.6 Å². The first-order valence-electron chi connectivity index (χ1n) is 7.99. The van der Waals surface area contributed by atoms with Gasteiger partial charge in [0.15, 0.2) is 0 Å². The van der Waals surface area contributed by atoms with Crippen LogP contribution in [-0.2, 0) is 10.0 Å². The van der Waals surface area contributed by atoms with E-state index in [1.807, 2.05) is 6.92 Å². The molecule has 2 heterocycles. The van der Waals surface area contributed by atoms with Crippen LogP contribution in [0.5, 0.6) is 0 Å². The SMILES string of the molecule is CC1CNCCN1S(=O)(=O)c1ccc2c3c(cccc13)C(=O)N2C. The van der Waals surface area contributed by atoms with Gasteiger partial charge in [-0.3, -0.25) is 4.79 Å². The van der Waals surface area contributed by atoms with Crippen LogP contribution in [0.25, 0.3) is 10.8 Å². The van der Waals surface area contributed by atoms with Crippen molar-refractivity contribution < 1.29 is 13.2 Å². The third kappa shape index (κ3) is 2.02. The van der Waals surface area contributed by atoms with Crippen LogP contribution in [0.15, 0.2) is 35.2 Å². The zero-order valence-electron chi connectivity index (χ0n) is 13.6. The number of hydrogen-bond donors (Lipinski definition) is 1. The van der Waals surface area contributed by atoms with Gasteiger partial charge in [-0.05, 0) is 25.1 Å². The van der Waals surface area contributed by atoms with Gasteiger partial charge in [0, 0.05) is 49.1 Å². The normalized spacial score (nSPS) is 21.7. The number of piperazine rings is 1. The number of carbonyl (C=O) groups is 1. The number of rotatable bonds is 2. The number of benzene rings is 2. The first-order valence-corrected chi connectivity index (χ1v) is 9.43. The molecule has 1 saturated heterocycles. The lowest BCUT2D eigenvalue weighted by Gasteiger charge is -2.33. The van der Waals surface area contributed by atoms with Gasteiger partial charge in [-0.1, -0.05) is 12.1 Å². The minimum Gasteiger partial charge on any atom is -0.314 e. The van der Waals surface area contributed by atoms with Gasteiger partial charge in [-0.25, -0.2) is 8.42 Å². The molecule has 1 amide bonds. The van der Waals surface area contributed by atoms with Gasteiger partial charge in [-0.15, -0.1) is 0 Å². The largest absolute Gasteiger partial charge is 0.314 e. The highest BCUT2D eigenvalue weighted by molar-refractivity contribution is 7.89. The van der Waals surface area contributed by atoms with E-state index in [1.165, 1.54) is 0 Å². The minimum atomic E-state index is -3.62. The molecule has 1 fully saturated rings. The fraction of sp³-hybridized carbons (Fsp3) is 0.353. The van der Waals surface area contributed by atoms with Crippen molar-refractivity contribution in [2.75, 3.05) is 31.6 Å². The molecule has 2 aliphatic rings. The Hall–Kier alpha value is -1.96. The second-order valence-corrected chi connectivity index (χ2v) is 8.20. The lowest BCUT2D eigenvalue weighted by molar-refractivity contribution is 0.0999. The van der Waals surface area contributed by atoms with Gasteiger partial charge in [0.25, 0.3) is 5.91 Å². The standard InChI is InChI=1S/C17H19N3O3S/c1-11-10-18-8-9-20(11)24(22,23)15-7-6-14-16-12(15)4-3-5-13(16)17(21)19(14)2/h3-7,11,18H,8-10H2,1-2H3. The highest BCUT2D eigenvalue weighted by Gasteiger charge is 2.35. The van der Waals surface area contributed by atoms with E-state index in [9.17, 15) is 13.2 Å². The number of nitrogens with one attached hydrogen (secondary N) is 1. The van der Waals surface area contributed by atoms with E-state index >= 15 is 0 Å². The lowest BCUT2D eigenvalue weighted by atomic mass is 10.1. The number of sulfonamides is 1. The van der Waals surface area contributed by atoms with E-state index in [-0.39, 0.29) is 16.8 Å². The van der Waals surface area contributed by atoms with Crippen molar-refractivity contribution in [1.82, 2.24) is 9.62 Å². The molecule has 6 nitrogen and oxygen atoms in total. The van der Waals surface area contributed by atoms with Crippen molar-refractivity contribution >= 4 is 32.4 Å². The Morgan fingerprint density at radius 1 is 1.21 bits per heavy atom. The fourth-order valence-electron chi connectivity index (χ4n) is 3.64. The van der Waals surface area contributed by atoms with E-state index in [0.717, 1.165) is 11.1 Å². The molecule has 7 heteroatoms. The molecule has 0 saturated carbocycles. The Bertz CT molecular complexity index is 955. The van der Waals surface area contributed by atoms with E-state index in [4.69, 9.17) is 0 Å². The summed E-state index contributed by atoms with van der Waals surface area (Å²) in [6.45, 7) is 3.64. The fourth-order valence-corrected chi connectivity index (χ4v) is 5.46. The van der Waals surface area contributed by atoms with Crippen molar-refractivity contribution in [1.29, 1.82) is 0 Å². The Morgan fingerprint density at radius 3 is 2.75 bits per heavy atom. The smallest absolute Gasteiger partial charge is 0.258 e. The molecule has 0 bridgehead atoms. The zero-order chi connectivity index (χ0) is 17.1. The highest BCUT2D eigenvalue weighted by Crippen LogP contribution is 2.40. The highest BCUT2D eigenvalue weighted by atomic mass is 32.2. The monoisotopic (exact) mass is 345 g/mol. The number of hydrogen-bond acceptors (Lipinski definition) is 4. The molecule has 0 spiro atoms. The summed E-state index contributed by atoms with van der Waals surface area (Å²) >= 11 is 0. The summed E-state index contributed by atoms with van der Waals surface area (Å²) in [4.78, 5) is 14.2. The summed E-state index contributed by atoms with van der Waals surface area (Å²) in [5.74, 6) is -0.0966. The first-order chi connectivity index (χ1) is 11.4. The molecule has 0 radical (unpaired) electrons. The van der Waals surface area contributed by atoms with Crippen LogP contribution in [0.2, 0.25) is 0 Å². The maximum absolute atomic E-state index is 13.2. The number of anilines is 1. The average molecular weight is 345 g/mol. The molecule has 0 aliphatic carbocycles. The maximum Gasteiger partial charge on any atom is 0.258 e. The van der Waals surface area contributed by atoms with Crippen LogP contribution in [0.1, 0.15) is 17.3 Å². The molecule has 24 heavy (non-hydrogen) atoms. The van der Waals surface area contributed by atoms with Crippen LogP contribution >= 0.6 is 0 Å². The predicted octanol–water partition coefficient (Wildman–Crippen LogP) is 1.41. The van der Waals surface area contributed by atoms with Crippen LogP contribution in [0, 0.1) is 0 Å². The maximum atomic E-state index is 13.2. The number of nitrogens with zero attached hydrogens (tertiary/aromatic N) is 2. The summed E-state index contributed by atoms with van der Waals surface area (Å²) in [5, 5.41) is 4.56. The molecule has 1 unspecified atom stereocenters. The number of amides is 1. The molecule has 1 N–H and O–H groups in total. The molecule has 1 atom stereocenters. The topological polar surface area (TPSA) is 69.7 Å². The van der Waals surface area contributed by atoms with Crippen molar-refractivity contribution in [3.8, 4) is 0 Å². The Labute approximate surface area is 141 Å². The third-order valence-corrected chi connectivity index (χ3v) is 6.97. The molecule has 0 aromatic heterocycles. The van der Waals surface area contributed by atoms with E-state index in [1.54, 1.807) is 46.6 Å². The van der Waals surface area contributed by atoms with Crippen LogP contribution in [0.3, 0.4) is 0 Å². The minimum absolute atomic E-state index is 0.0966. The third-order valence-electron chi connectivity index (χ3n) is 4.90. The van der Waals surface area contributed by atoms with Crippen molar-refractivity contribution in [3.63, 3.8) is 0 Å². The van der Waals surface area contributed by atoms with Gasteiger partial charge in [0.2, 0.25) is 10.0 Å². The lowest BCUT2D eigenvalue weighted by Crippen LogP contribution is -2.52. The predicted molar refractivity (Wildman–Crippen MR) is 92.9 cm³/mol. The molecular formula is C17H19N3O3S. The summed E-state index contributed by atoms with van der Waals surface area (Å²) < 4.78 is 28.0. The van der Waals surface area contributed by atoms with Gasteiger partial charge < -0.3 is 10.2 Å². The summed E-state index contributed by atoms with van der Waals surface area (Å²) in [5.41, 5.74) is 1.33. The van der Waals surface area contributed by atoms with Crippen molar-refractivity contribution in [3.05, 3.63) is 35.9 Å². The molecule has 2 aromatic carbocycles. The molecular weight excluding hydrogens is 326 g/mol. The van der Waals surface area contributed by atoms with Gasteiger partial charge in [-0.2, -0.15) is 4.31 Å². The van der Waals surface area contributed by atoms with E-state index < -0.39 is 10.0 Å². The van der Waals surface area contributed by atoms with Crippen LogP contribution < -0.4 is 10.2 Å². The summed E-state index contributed by atoms with van der Waals surface area (Å²) in [6, 6.07) is 8.54. The zero-order valence-corrected chi connectivity index (χ0v) is 14.4. The summed E-state index contributed by atoms with van der Waals surface area (Å²) in [6.07, 6.45) is 0.